The number of hydrazone groups is 1. The normalized spacial score (nSPS) is 12.0. The van der Waals surface area contributed by atoms with Gasteiger partial charge in [0.05, 0.1) is 18.6 Å². The molecule has 0 aliphatic carbocycles. The van der Waals surface area contributed by atoms with Gasteiger partial charge in [0.2, 0.25) is 0 Å². The van der Waals surface area contributed by atoms with Crippen molar-refractivity contribution in [1.82, 2.24) is 15.6 Å². The molecule has 9 heteroatoms. The van der Waals surface area contributed by atoms with Crippen molar-refractivity contribution in [3.63, 3.8) is 0 Å². The largest absolute Gasteiger partial charge is 0.490 e. The van der Waals surface area contributed by atoms with Crippen LogP contribution in [0.3, 0.4) is 0 Å². The maximum absolute atomic E-state index is 12.0. The fourth-order valence-corrected chi connectivity index (χ4v) is 4.24. The van der Waals surface area contributed by atoms with Gasteiger partial charge in [0, 0.05) is 0 Å². The molecule has 0 spiro atoms. The van der Waals surface area contributed by atoms with Gasteiger partial charge in [-0.05, 0) is 50.1 Å². The molecular weight excluding hydrogens is 432 g/mol. The molecule has 1 aromatic heterocycles. The molecule has 31 heavy (non-hydrogen) atoms. The summed E-state index contributed by atoms with van der Waals surface area (Å²) >= 11 is 2.79. The first-order valence-corrected chi connectivity index (χ1v) is 11.6. The van der Waals surface area contributed by atoms with Gasteiger partial charge in [-0.2, -0.15) is 5.10 Å². The van der Waals surface area contributed by atoms with Crippen LogP contribution >= 0.6 is 23.1 Å². The van der Waals surface area contributed by atoms with E-state index in [9.17, 15) is 4.79 Å². The van der Waals surface area contributed by atoms with E-state index in [1.165, 1.54) is 23.1 Å². The number of amides is 1. The molecule has 0 bridgehead atoms. The van der Waals surface area contributed by atoms with Gasteiger partial charge < -0.3 is 9.47 Å². The lowest BCUT2D eigenvalue weighted by molar-refractivity contribution is -0.118. The van der Waals surface area contributed by atoms with Crippen LogP contribution in [0.15, 0.2) is 58.0 Å². The maximum Gasteiger partial charge on any atom is 0.250 e. The summed E-state index contributed by atoms with van der Waals surface area (Å²) in [5, 5.41) is 12.8. The van der Waals surface area contributed by atoms with Crippen LogP contribution in [0.25, 0.3) is 0 Å². The molecule has 0 saturated carbocycles. The number of hydrogen-bond donors (Lipinski definition) is 1. The van der Waals surface area contributed by atoms with Crippen LogP contribution in [0.2, 0.25) is 0 Å². The highest BCUT2D eigenvalue weighted by Crippen LogP contribution is 2.32. The smallest absolute Gasteiger partial charge is 0.250 e. The summed E-state index contributed by atoms with van der Waals surface area (Å²) in [5.74, 6) is 1.29. The fourth-order valence-electron chi connectivity index (χ4n) is 2.63. The van der Waals surface area contributed by atoms with E-state index in [4.69, 9.17) is 9.47 Å². The van der Waals surface area contributed by atoms with Gasteiger partial charge in [0.1, 0.15) is 11.1 Å². The zero-order valence-electron chi connectivity index (χ0n) is 17.6. The standard InChI is InChI=1S/C22H24N4O3S2/c1-4-28-20-12-17(10-11-19(20)29-15(2)18-8-6-5-7-9-18)13-23-25-21(27)14-30-22-26-24-16(3)31-22/h5-13,15H,4,14H2,1-3H3,(H,25,27). The first kappa shape index (κ1) is 22.8. The van der Waals surface area contributed by atoms with Crippen molar-refractivity contribution in [2.45, 2.75) is 31.2 Å². The SMILES string of the molecule is CCOc1cc(C=NNC(=O)CSc2nnc(C)s2)ccc1OC(C)c1ccccc1. The average Bonchev–Trinajstić information content (AvgIpc) is 3.20. The van der Waals surface area contributed by atoms with Crippen LogP contribution in [0.4, 0.5) is 0 Å². The minimum Gasteiger partial charge on any atom is -0.490 e. The molecule has 0 fully saturated rings. The van der Waals surface area contributed by atoms with E-state index < -0.39 is 0 Å². The number of aromatic nitrogens is 2. The summed E-state index contributed by atoms with van der Waals surface area (Å²) in [6.45, 7) is 6.30. The van der Waals surface area contributed by atoms with Gasteiger partial charge in [-0.15, -0.1) is 10.2 Å². The quantitative estimate of drug-likeness (QED) is 0.272. The highest BCUT2D eigenvalue weighted by atomic mass is 32.2. The zero-order chi connectivity index (χ0) is 22.1. The zero-order valence-corrected chi connectivity index (χ0v) is 19.2. The molecule has 0 aliphatic rings. The molecule has 1 atom stereocenters. The lowest BCUT2D eigenvalue weighted by atomic mass is 10.1. The van der Waals surface area contributed by atoms with E-state index in [1.54, 1.807) is 6.21 Å². The summed E-state index contributed by atoms with van der Waals surface area (Å²) in [6, 6.07) is 15.6. The fraction of sp³-hybridized carbons (Fsp3) is 0.273. The van der Waals surface area contributed by atoms with Crippen LogP contribution in [0, 0.1) is 6.92 Å². The Balaban J connectivity index is 1.58. The van der Waals surface area contributed by atoms with Crippen LogP contribution in [-0.4, -0.2) is 34.7 Å². The van der Waals surface area contributed by atoms with E-state index in [-0.39, 0.29) is 17.8 Å². The molecule has 162 valence electrons. The van der Waals surface area contributed by atoms with E-state index >= 15 is 0 Å². The van der Waals surface area contributed by atoms with Crippen molar-refractivity contribution in [3.05, 3.63) is 64.7 Å². The predicted molar refractivity (Wildman–Crippen MR) is 124 cm³/mol. The van der Waals surface area contributed by atoms with E-state index in [0.29, 0.717) is 18.1 Å². The first-order valence-electron chi connectivity index (χ1n) is 9.78. The number of nitrogens with zero attached hydrogens (tertiary/aromatic N) is 3. The van der Waals surface area contributed by atoms with Crippen molar-refractivity contribution < 1.29 is 14.3 Å². The molecule has 1 unspecified atom stereocenters. The Labute approximate surface area is 189 Å². The molecule has 7 nitrogen and oxygen atoms in total. The molecule has 3 aromatic rings. The lowest BCUT2D eigenvalue weighted by Gasteiger charge is -2.18. The predicted octanol–water partition coefficient (Wildman–Crippen LogP) is 4.63. The summed E-state index contributed by atoms with van der Waals surface area (Å²) in [5.41, 5.74) is 4.39. The highest BCUT2D eigenvalue weighted by Gasteiger charge is 2.12. The monoisotopic (exact) mass is 456 g/mol. The number of hydrogen-bond acceptors (Lipinski definition) is 8. The summed E-state index contributed by atoms with van der Waals surface area (Å²) < 4.78 is 12.6. The number of rotatable bonds is 10. The van der Waals surface area contributed by atoms with Crippen LogP contribution in [0.5, 0.6) is 11.5 Å². The number of nitrogens with one attached hydrogen (secondary N) is 1. The summed E-state index contributed by atoms with van der Waals surface area (Å²) in [4.78, 5) is 12.0. The van der Waals surface area contributed by atoms with Crippen molar-refractivity contribution in [1.29, 1.82) is 0 Å². The van der Waals surface area contributed by atoms with Crippen molar-refractivity contribution in [2.75, 3.05) is 12.4 Å². The van der Waals surface area contributed by atoms with Crippen molar-refractivity contribution in [3.8, 4) is 11.5 Å². The van der Waals surface area contributed by atoms with Gasteiger partial charge in [-0.25, -0.2) is 5.43 Å². The Hall–Kier alpha value is -2.91. The Morgan fingerprint density at radius 1 is 1.23 bits per heavy atom. The van der Waals surface area contributed by atoms with Crippen LogP contribution in [0.1, 0.15) is 36.1 Å². The van der Waals surface area contributed by atoms with Gasteiger partial charge in [-0.1, -0.05) is 53.4 Å². The molecular formula is C22H24N4O3S2. The summed E-state index contributed by atoms with van der Waals surface area (Å²) in [6.07, 6.45) is 1.46. The summed E-state index contributed by atoms with van der Waals surface area (Å²) in [7, 11) is 0. The number of thioether (sulfide) groups is 1. The van der Waals surface area contributed by atoms with E-state index in [1.807, 2.05) is 69.3 Å². The van der Waals surface area contributed by atoms with Crippen molar-refractivity contribution >= 4 is 35.2 Å². The Kier molecular flexibility index (Phi) is 8.43. The van der Waals surface area contributed by atoms with Crippen LogP contribution in [-0.2, 0) is 4.79 Å². The molecule has 1 amide bonds. The lowest BCUT2D eigenvalue weighted by Crippen LogP contribution is -2.19. The Morgan fingerprint density at radius 3 is 2.74 bits per heavy atom. The van der Waals surface area contributed by atoms with Gasteiger partial charge >= 0.3 is 0 Å². The molecule has 3 rings (SSSR count). The molecule has 0 saturated heterocycles. The topological polar surface area (TPSA) is 85.7 Å². The van der Waals surface area contributed by atoms with Gasteiger partial charge in [-0.3, -0.25) is 4.79 Å². The molecule has 1 N–H and O–H groups in total. The Morgan fingerprint density at radius 2 is 2.03 bits per heavy atom. The maximum atomic E-state index is 12.0. The highest BCUT2D eigenvalue weighted by molar-refractivity contribution is 8.01. The number of carbonyl (C=O) groups is 1. The number of ether oxygens (including phenoxy) is 2. The van der Waals surface area contributed by atoms with Gasteiger partial charge in [0.25, 0.3) is 5.91 Å². The third kappa shape index (κ3) is 7.08. The minimum absolute atomic E-state index is 0.117. The van der Waals surface area contributed by atoms with E-state index in [0.717, 1.165) is 20.5 Å². The molecule has 0 aliphatic heterocycles. The number of aryl methyl sites for hydroxylation is 1. The third-order valence-electron chi connectivity index (χ3n) is 4.08. The van der Waals surface area contributed by atoms with Gasteiger partial charge in [0.15, 0.2) is 15.8 Å². The molecule has 0 radical (unpaired) electrons. The average molecular weight is 457 g/mol. The number of benzene rings is 2. The molecule has 1 heterocycles. The minimum atomic E-state index is -0.212. The van der Waals surface area contributed by atoms with E-state index in [2.05, 4.69) is 20.7 Å². The second-order valence-corrected chi connectivity index (χ2v) is 8.88. The van der Waals surface area contributed by atoms with Crippen LogP contribution < -0.4 is 14.9 Å². The third-order valence-corrected chi connectivity index (χ3v) is 6.05. The Bertz CT molecular complexity index is 1020. The number of carbonyl (C=O) groups excluding carboxylic acids is 1. The van der Waals surface area contributed by atoms with Crippen molar-refractivity contribution in [2.24, 2.45) is 5.10 Å². The second-order valence-electron chi connectivity index (χ2n) is 6.48. The second kappa shape index (κ2) is 11.5. The molecule has 2 aromatic carbocycles. The first-order chi connectivity index (χ1) is 15.0.